The number of halogens is 1. The smallest absolute Gasteiger partial charge is 0.261 e. The molecular weight excluding hydrogens is 379 g/mol. The second kappa shape index (κ2) is 9.43. The van der Waals surface area contributed by atoms with E-state index in [1.807, 2.05) is 30.3 Å². The average Bonchev–Trinajstić information content (AvgIpc) is 3.06. The van der Waals surface area contributed by atoms with E-state index in [1.54, 1.807) is 12.1 Å². The van der Waals surface area contributed by atoms with E-state index in [-0.39, 0.29) is 30.8 Å². The number of benzene rings is 2. The van der Waals surface area contributed by atoms with Gasteiger partial charge in [-0.1, -0.05) is 36.4 Å². The van der Waals surface area contributed by atoms with E-state index < -0.39 is 0 Å². The molecule has 0 aliphatic heterocycles. The molecule has 0 radical (unpaired) electrons. The summed E-state index contributed by atoms with van der Waals surface area (Å²) in [7, 11) is 1.51. The first kappa shape index (κ1) is 20.0. The standard InChI is InChI=1S/C21H21FN2O3S/c1-27-13-15-19-16(22)8-5-9-17(19)28-20(15)21(26)24-11-10-23-18(25)12-14-6-3-2-4-7-14/h2-9H,10-13H2,1H3,(H,23,25)(H,24,26). The molecule has 5 nitrogen and oxygen atoms in total. The third-order valence-corrected chi connectivity index (χ3v) is 5.39. The van der Waals surface area contributed by atoms with Crippen LogP contribution in [0.3, 0.4) is 0 Å². The molecular formula is C21H21FN2O3S. The number of carbonyl (C=O) groups is 2. The van der Waals surface area contributed by atoms with Gasteiger partial charge in [-0.2, -0.15) is 0 Å². The lowest BCUT2D eigenvalue weighted by atomic mass is 10.1. The van der Waals surface area contributed by atoms with Crippen molar-refractivity contribution in [3.63, 3.8) is 0 Å². The Hall–Kier alpha value is -2.77. The number of hydrogen-bond acceptors (Lipinski definition) is 4. The van der Waals surface area contributed by atoms with Gasteiger partial charge in [0.15, 0.2) is 0 Å². The Balaban J connectivity index is 1.57. The lowest BCUT2D eigenvalue weighted by molar-refractivity contribution is -0.120. The SMILES string of the molecule is COCc1c(C(=O)NCCNC(=O)Cc2ccccc2)sc2cccc(F)c12. The van der Waals surface area contributed by atoms with E-state index in [2.05, 4.69) is 10.6 Å². The number of amides is 2. The number of nitrogens with one attached hydrogen (secondary N) is 2. The van der Waals surface area contributed by atoms with Crippen LogP contribution in [0.25, 0.3) is 10.1 Å². The first-order valence-corrected chi connectivity index (χ1v) is 9.69. The van der Waals surface area contributed by atoms with Crippen LogP contribution in [0, 0.1) is 5.82 Å². The Bertz CT molecular complexity index is 972. The highest BCUT2D eigenvalue weighted by Gasteiger charge is 2.20. The lowest BCUT2D eigenvalue weighted by Crippen LogP contribution is -2.35. The molecule has 0 aliphatic rings. The maximum absolute atomic E-state index is 14.2. The molecule has 0 unspecified atom stereocenters. The molecule has 28 heavy (non-hydrogen) atoms. The van der Waals surface area contributed by atoms with Gasteiger partial charge in [-0.05, 0) is 17.7 Å². The molecule has 0 fully saturated rings. The number of carbonyl (C=O) groups excluding carboxylic acids is 2. The molecule has 0 saturated heterocycles. The van der Waals surface area contributed by atoms with Gasteiger partial charge >= 0.3 is 0 Å². The van der Waals surface area contributed by atoms with E-state index in [1.165, 1.54) is 24.5 Å². The van der Waals surface area contributed by atoms with Crippen LogP contribution in [-0.4, -0.2) is 32.0 Å². The van der Waals surface area contributed by atoms with Crippen LogP contribution in [0.2, 0.25) is 0 Å². The van der Waals surface area contributed by atoms with Crippen molar-refractivity contribution >= 4 is 33.2 Å². The Morgan fingerprint density at radius 2 is 1.79 bits per heavy atom. The molecule has 3 rings (SSSR count). The Labute approximate surface area is 166 Å². The summed E-state index contributed by atoms with van der Waals surface area (Å²) in [5.41, 5.74) is 1.48. The highest BCUT2D eigenvalue weighted by atomic mass is 32.1. The van der Waals surface area contributed by atoms with Crippen LogP contribution in [-0.2, 0) is 22.6 Å². The molecule has 2 aromatic carbocycles. The molecule has 146 valence electrons. The number of thiophene rings is 1. The van der Waals surface area contributed by atoms with Crippen LogP contribution in [0.1, 0.15) is 20.8 Å². The fourth-order valence-corrected chi connectivity index (χ4v) is 4.07. The van der Waals surface area contributed by atoms with Gasteiger partial charge in [0.1, 0.15) is 5.82 Å². The molecule has 1 heterocycles. The van der Waals surface area contributed by atoms with Crippen molar-refractivity contribution in [2.24, 2.45) is 0 Å². The van der Waals surface area contributed by atoms with Crippen molar-refractivity contribution in [1.82, 2.24) is 10.6 Å². The van der Waals surface area contributed by atoms with Gasteiger partial charge < -0.3 is 15.4 Å². The zero-order valence-corrected chi connectivity index (χ0v) is 16.3. The van der Waals surface area contributed by atoms with Crippen LogP contribution in [0.15, 0.2) is 48.5 Å². The first-order chi connectivity index (χ1) is 13.6. The number of rotatable bonds is 8. The van der Waals surface area contributed by atoms with Crippen LogP contribution in [0.5, 0.6) is 0 Å². The van der Waals surface area contributed by atoms with Gasteiger partial charge in [0, 0.05) is 35.8 Å². The summed E-state index contributed by atoms with van der Waals surface area (Å²) in [6, 6.07) is 14.2. The largest absolute Gasteiger partial charge is 0.380 e. The van der Waals surface area contributed by atoms with Gasteiger partial charge in [-0.3, -0.25) is 9.59 Å². The zero-order valence-electron chi connectivity index (χ0n) is 15.5. The summed E-state index contributed by atoms with van der Waals surface area (Å²) in [6.07, 6.45) is 0.294. The number of hydrogen-bond donors (Lipinski definition) is 2. The molecule has 2 N–H and O–H groups in total. The summed E-state index contributed by atoms with van der Waals surface area (Å²) >= 11 is 1.23. The van der Waals surface area contributed by atoms with Crippen molar-refractivity contribution in [3.05, 3.63) is 70.4 Å². The molecule has 2 amide bonds. The monoisotopic (exact) mass is 400 g/mol. The van der Waals surface area contributed by atoms with Crippen LogP contribution < -0.4 is 10.6 Å². The fourth-order valence-electron chi connectivity index (χ4n) is 2.93. The van der Waals surface area contributed by atoms with Crippen molar-refractivity contribution < 1.29 is 18.7 Å². The normalized spacial score (nSPS) is 10.8. The Morgan fingerprint density at radius 3 is 2.54 bits per heavy atom. The predicted molar refractivity (Wildman–Crippen MR) is 108 cm³/mol. The van der Waals surface area contributed by atoms with Gasteiger partial charge in [0.25, 0.3) is 5.91 Å². The maximum Gasteiger partial charge on any atom is 0.261 e. The summed E-state index contributed by atoms with van der Waals surface area (Å²) in [5.74, 6) is -0.776. The molecule has 3 aromatic rings. The topological polar surface area (TPSA) is 67.4 Å². The van der Waals surface area contributed by atoms with Crippen LogP contribution >= 0.6 is 11.3 Å². The van der Waals surface area contributed by atoms with E-state index in [4.69, 9.17) is 4.74 Å². The minimum Gasteiger partial charge on any atom is -0.380 e. The first-order valence-electron chi connectivity index (χ1n) is 8.87. The third kappa shape index (κ3) is 4.74. The Kier molecular flexibility index (Phi) is 6.73. The van der Waals surface area contributed by atoms with Crippen LogP contribution in [0.4, 0.5) is 4.39 Å². The quantitative estimate of drug-likeness (QED) is 0.571. The van der Waals surface area contributed by atoms with Crippen molar-refractivity contribution in [2.45, 2.75) is 13.0 Å². The third-order valence-electron chi connectivity index (χ3n) is 4.20. The van der Waals surface area contributed by atoms with E-state index in [0.717, 1.165) is 5.56 Å². The maximum atomic E-state index is 14.2. The second-order valence-electron chi connectivity index (χ2n) is 6.22. The highest BCUT2D eigenvalue weighted by molar-refractivity contribution is 7.21. The van der Waals surface area contributed by atoms with Crippen molar-refractivity contribution in [3.8, 4) is 0 Å². The molecule has 0 saturated carbocycles. The molecule has 0 aliphatic carbocycles. The lowest BCUT2D eigenvalue weighted by Gasteiger charge is -2.08. The summed E-state index contributed by atoms with van der Waals surface area (Å²) < 4.78 is 20.1. The van der Waals surface area contributed by atoms with Gasteiger partial charge in [0.05, 0.1) is 17.9 Å². The van der Waals surface area contributed by atoms with E-state index >= 15 is 0 Å². The van der Waals surface area contributed by atoms with Crippen molar-refractivity contribution in [1.29, 1.82) is 0 Å². The number of fused-ring (bicyclic) bond motifs is 1. The molecule has 0 spiro atoms. The van der Waals surface area contributed by atoms with Gasteiger partial charge in [-0.15, -0.1) is 11.3 Å². The van der Waals surface area contributed by atoms with Gasteiger partial charge in [-0.25, -0.2) is 4.39 Å². The zero-order chi connectivity index (χ0) is 19.9. The number of methoxy groups -OCH3 is 1. The van der Waals surface area contributed by atoms with Gasteiger partial charge in [0.2, 0.25) is 5.91 Å². The molecule has 7 heteroatoms. The molecule has 0 atom stereocenters. The summed E-state index contributed by atoms with van der Waals surface area (Å²) in [5, 5.41) is 5.98. The highest BCUT2D eigenvalue weighted by Crippen LogP contribution is 2.33. The van der Waals surface area contributed by atoms with Crippen molar-refractivity contribution in [2.75, 3.05) is 20.2 Å². The minimum absolute atomic E-state index is 0.107. The second-order valence-corrected chi connectivity index (χ2v) is 7.28. The molecule has 0 bridgehead atoms. The molecule has 1 aromatic heterocycles. The van der Waals surface area contributed by atoms with E-state index in [9.17, 15) is 14.0 Å². The Morgan fingerprint density at radius 1 is 1.04 bits per heavy atom. The number of ether oxygens (including phenoxy) is 1. The predicted octanol–water partition coefficient (Wildman–Crippen LogP) is 3.28. The van der Waals surface area contributed by atoms with E-state index in [0.29, 0.717) is 33.5 Å². The summed E-state index contributed by atoms with van der Waals surface area (Å²) in [4.78, 5) is 24.9. The fraction of sp³-hybridized carbons (Fsp3) is 0.238. The summed E-state index contributed by atoms with van der Waals surface area (Å²) in [6.45, 7) is 0.746. The average molecular weight is 400 g/mol. The minimum atomic E-state index is -0.368.